The summed E-state index contributed by atoms with van der Waals surface area (Å²) in [5.41, 5.74) is 0.778. The number of rotatable bonds is 5. The zero-order valence-electron chi connectivity index (χ0n) is 11.1. The molecule has 0 aromatic heterocycles. The molecule has 0 aliphatic carbocycles. The zero-order valence-corrected chi connectivity index (χ0v) is 11.1. The minimum absolute atomic E-state index is 0.578. The van der Waals surface area contributed by atoms with E-state index in [1.165, 1.54) is 0 Å². The average molecular weight is 264 g/mol. The van der Waals surface area contributed by atoms with Crippen molar-refractivity contribution in [2.45, 2.75) is 13.0 Å². The third kappa shape index (κ3) is 3.45. The molecule has 2 rings (SSSR count). The third-order valence-electron chi connectivity index (χ3n) is 3.24. The predicted molar refractivity (Wildman–Crippen MR) is 72.4 cm³/mol. The van der Waals surface area contributed by atoms with Crippen LogP contribution in [0.1, 0.15) is 18.5 Å². The van der Waals surface area contributed by atoms with Gasteiger partial charge in [0.15, 0.2) is 0 Å². The molecule has 1 aliphatic rings. The van der Waals surface area contributed by atoms with Gasteiger partial charge in [-0.05, 0) is 24.6 Å². The number of carbonyl (C=O) groups is 1. The number of hydrogen-bond acceptors (Lipinski definition) is 4. The van der Waals surface area contributed by atoms with Gasteiger partial charge in [0.25, 0.3) is 0 Å². The molecule has 0 radical (unpaired) electrons. The highest BCUT2D eigenvalue weighted by atomic mass is 16.5. The molecule has 1 aromatic carbocycles. The monoisotopic (exact) mass is 264 g/mol. The van der Waals surface area contributed by atoms with Gasteiger partial charge in [0, 0.05) is 26.2 Å². The van der Waals surface area contributed by atoms with Crippen LogP contribution in [0.4, 0.5) is 0 Å². The number of piperazine rings is 1. The summed E-state index contributed by atoms with van der Waals surface area (Å²) in [5, 5.41) is 12.7. The standard InChI is InChI=1S/C14H20N2O3/c1-2-19-12-5-3-4-11(10-12)13(14(17)18)16-8-6-15-7-9-16/h3-5,10,13,15H,2,6-9H2,1H3,(H,17,18). The number of aliphatic carboxylic acids is 1. The van der Waals surface area contributed by atoms with E-state index in [0.29, 0.717) is 6.61 Å². The lowest BCUT2D eigenvalue weighted by Crippen LogP contribution is -2.47. The molecule has 19 heavy (non-hydrogen) atoms. The molecular weight excluding hydrogens is 244 g/mol. The van der Waals surface area contributed by atoms with Crippen LogP contribution in [-0.2, 0) is 4.79 Å². The number of hydrogen-bond donors (Lipinski definition) is 2. The van der Waals surface area contributed by atoms with Gasteiger partial charge in [-0.2, -0.15) is 0 Å². The molecule has 104 valence electrons. The first kappa shape index (κ1) is 13.8. The van der Waals surface area contributed by atoms with Gasteiger partial charge in [0.2, 0.25) is 0 Å². The predicted octanol–water partition coefficient (Wildman–Crippen LogP) is 1.12. The Morgan fingerprint density at radius 1 is 1.47 bits per heavy atom. The number of nitrogens with zero attached hydrogens (tertiary/aromatic N) is 1. The second-order valence-corrected chi connectivity index (χ2v) is 4.53. The molecule has 2 N–H and O–H groups in total. The molecule has 1 aliphatic heterocycles. The first-order valence-electron chi connectivity index (χ1n) is 6.62. The maximum atomic E-state index is 11.6. The summed E-state index contributed by atoms with van der Waals surface area (Å²) in [6.45, 7) is 5.64. The van der Waals surface area contributed by atoms with Crippen LogP contribution >= 0.6 is 0 Å². The van der Waals surface area contributed by atoms with Gasteiger partial charge in [0.05, 0.1) is 6.61 Å². The first-order valence-corrected chi connectivity index (χ1v) is 6.62. The highest BCUT2D eigenvalue weighted by Crippen LogP contribution is 2.25. The lowest BCUT2D eigenvalue weighted by molar-refractivity contribution is -0.143. The fourth-order valence-electron chi connectivity index (χ4n) is 2.39. The lowest BCUT2D eigenvalue weighted by atomic mass is 10.0. The summed E-state index contributed by atoms with van der Waals surface area (Å²) >= 11 is 0. The Bertz CT molecular complexity index is 430. The number of nitrogens with one attached hydrogen (secondary N) is 1. The molecule has 1 aromatic rings. The third-order valence-corrected chi connectivity index (χ3v) is 3.24. The maximum absolute atomic E-state index is 11.6. The Kier molecular flexibility index (Phi) is 4.76. The van der Waals surface area contributed by atoms with E-state index in [4.69, 9.17) is 4.74 Å². The highest BCUT2D eigenvalue weighted by molar-refractivity contribution is 5.75. The maximum Gasteiger partial charge on any atom is 0.325 e. The van der Waals surface area contributed by atoms with Crippen molar-refractivity contribution in [2.75, 3.05) is 32.8 Å². The Balaban J connectivity index is 2.22. The zero-order chi connectivity index (χ0) is 13.7. The van der Waals surface area contributed by atoms with E-state index in [9.17, 15) is 9.90 Å². The summed E-state index contributed by atoms with van der Waals surface area (Å²) in [6.07, 6.45) is 0. The van der Waals surface area contributed by atoms with Crippen molar-refractivity contribution in [1.82, 2.24) is 10.2 Å². The summed E-state index contributed by atoms with van der Waals surface area (Å²) in [6, 6.07) is 6.78. The number of carboxylic acid groups (broad SMARTS) is 1. The second-order valence-electron chi connectivity index (χ2n) is 4.53. The fourth-order valence-corrected chi connectivity index (χ4v) is 2.39. The van der Waals surface area contributed by atoms with Crippen molar-refractivity contribution in [3.8, 4) is 5.75 Å². The van der Waals surface area contributed by atoms with Crippen LogP contribution < -0.4 is 10.1 Å². The van der Waals surface area contributed by atoms with Gasteiger partial charge >= 0.3 is 5.97 Å². The molecule has 5 heteroatoms. The van der Waals surface area contributed by atoms with E-state index < -0.39 is 12.0 Å². The number of ether oxygens (including phenoxy) is 1. The SMILES string of the molecule is CCOc1cccc(C(C(=O)O)N2CCNCC2)c1. The van der Waals surface area contributed by atoms with Gasteiger partial charge in [-0.1, -0.05) is 12.1 Å². The van der Waals surface area contributed by atoms with Crippen molar-refractivity contribution in [1.29, 1.82) is 0 Å². The van der Waals surface area contributed by atoms with Gasteiger partial charge in [-0.3, -0.25) is 9.69 Å². The van der Waals surface area contributed by atoms with Crippen LogP contribution in [0.3, 0.4) is 0 Å². The largest absolute Gasteiger partial charge is 0.494 e. The normalized spacial score (nSPS) is 17.9. The highest BCUT2D eigenvalue weighted by Gasteiger charge is 2.28. The first-order chi connectivity index (χ1) is 9.22. The summed E-state index contributed by atoms with van der Waals surface area (Å²) in [4.78, 5) is 13.6. The Labute approximate surface area is 113 Å². The van der Waals surface area contributed by atoms with Crippen LogP contribution in [0.15, 0.2) is 24.3 Å². The topological polar surface area (TPSA) is 61.8 Å². The van der Waals surface area contributed by atoms with E-state index >= 15 is 0 Å². The summed E-state index contributed by atoms with van der Waals surface area (Å²) < 4.78 is 5.44. The van der Waals surface area contributed by atoms with Crippen LogP contribution in [0.2, 0.25) is 0 Å². The fraction of sp³-hybridized carbons (Fsp3) is 0.500. The van der Waals surface area contributed by atoms with Gasteiger partial charge < -0.3 is 15.2 Å². The van der Waals surface area contributed by atoms with Crippen LogP contribution in [-0.4, -0.2) is 48.8 Å². The Hall–Kier alpha value is -1.59. The van der Waals surface area contributed by atoms with E-state index in [2.05, 4.69) is 5.32 Å². The number of benzene rings is 1. The second kappa shape index (κ2) is 6.54. The summed E-state index contributed by atoms with van der Waals surface area (Å²) in [5.74, 6) is -0.0862. The quantitative estimate of drug-likeness (QED) is 0.834. The molecule has 1 atom stereocenters. The smallest absolute Gasteiger partial charge is 0.325 e. The lowest BCUT2D eigenvalue weighted by Gasteiger charge is -2.32. The molecule has 1 heterocycles. The Morgan fingerprint density at radius 2 is 2.21 bits per heavy atom. The molecule has 1 fully saturated rings. The molecule has 5 nitrogen and oxygen atoms in total. The van der Waals surface area contributed by atoms with Crippen LogP contribution in [0.5, 0.6) is 5.75 Å². The van der Waals surface area contributed by atoms with E-state index in [-0.39, 0.29) is 0 Å². The Morgan fingerprint density at radius 3 is 2.84 bits per heavy atom. The van der Waals surface area contributed by atoms with Crippen LogP contribution in [0.25, 0.3) is 0 Å². The van der Waals surface area contributed by atoms with Crippen molar-refractivity contribution in [2.24, 2.45) is 0 Å². The molecular formula is C14H20N2O3. The molecule has 0 amide bonds. The molecule has 0 saturated carbocycles. The van der Waals surface area contributed by atoms with Gasteiger partial charge in [0.1, 0.15) is 11.8 Å². The van der Waals surface area contributed by atoms with Gasteiger partial charge in [-0.15, -0.1) is 0 Å². The minimum Gasteiger partial charge on any atom is -0.494 e. The van der Waals surface area contributed by atoms with Crippen molar-refractivity contribution in [3.63, 3.8) is 0 Å². The van der Waals surface area contributed by atoms with Crippen molar-refractivity contribution >= 4 is 5.97 Å². The molecule has 0 bridgehead atoms. The van der Waals surface area contributed by atoms with Crippen LogP contribution in [0, 0.1) is 0 Å². The van der Waals surface area contributed by atoms with Gasteiger partial charge in [-0.25, -0.2) is 0 Å². The molecule has 1 unspecified atom stereocenters. The van der Waals surface area contributed by atoms with E-state index in [1.54, 1.807) is 0 Å². The molecule has 1 saturated heterocycles. The number of carboxylic acids is 1. The van der Waals surface area contributed by atoms with E-state index in [0.717, 1.165) is 37.5 Å². The average Bonchev–Trinajstić information content (AvgIpc) is 2.40. The van der Waals surface area contributed by atoms with Crippen molar-refractivity contribution in [3.05, 3.63) is 29.8 Å². The molecule has 0 spiro atoms. The van der Waals surface area contributed by atoms with E-state index in [1.807, 2.05) is 36.1 Å². The summed E-state index contributed by atoms with van der Waals surface area (Å²) in [7, 11) is 0. The van der Waals surface area contributed by atoms with Crippen molar-refractivity contribution < 1.29 is 14.6 Å². The minimum atomic E-state index is -0.810.